The highest BCUT2D eigenvalue weighted by atomic mass is 16.3. The minimum atomic E-state index is -0.765. The van der Waals surface area contributed by atoms with Crippen molar-refractivity contribution in [2.75, 3.05) is 13.1 Å². The second kappa shape index (κ2) is 6.02. The molecule has 2 heterocycles. The zero-order chi connectivity index (χ0) is 15.6. The number of piperidine rings is 1. The third-order valence-electron chi connectivity index (χ3n) is 4.48. The molecule has 5 heteroatoms. The van der Waals surface area contributed by atoms with Gasteiger partial charge >= 0.3 is 0 Å². The van der Waals surface area contributed by atoms with Gasteiger partial charge in [0.25, 0.3) is 5.56 Å². The van der Waals surface area contributed by atoms with Crippen LogP contribution in [0.2, 0.25) is 0 Å². The normalized spacial score (nSPS) is 18.3. The first-order valence-electron chi connectivity index (χ1n) is 7.62. The first-order valence-corrected chi connectivity index (χ1v) is 7.62. The standard InChI is InChI=1S/C17H21N3O2/c1-13-4-2-3-5-14(13)17(22)6-10-20(11-7-17)12-15-16(21)19-9-8-18-15/h2-5,8-9,22H,6-7,10-12H2,1H3,(H,19,21). The maximum atomic E-state index is 11.7. The van der Waals surface area contributed by atoms with Gasteiger partial charge in [-0.2, -0.15) is 0 Å². The molecule has 2 N–H and O–H groups in total. The van der Waals surface area contributed by atoms with E-state index in [2.05, 4.69) is 14.9 Å². The quantitative estimate of drug-likeness (QED) is 0.902. The molecule has 0 radical (unpaired) electrons. The molecule has 1 aliphatic rings. The average molecular weight is 299 g/mol. The van der Waals surface area contributed by atoms with Crippen LogP contribution in [0.15, 0.2) is 41.5 Å². The Morgan fingerprint density at radius 2 is 2.05 bits per heavy atom. The second-order valence-electron chi connectivity index (χ2n) is 5.99. The average Bonchev–Trinajstić information content (AvgIpc) is 2.52. The molecule has 22 heavy (non-hydrogen) atoms. The van der Waals surface area contributed by atoms with E-state index in [0.717, 1.165) is 24.2 Å². The first kappa shape index (κ1) is 14.9. The molecule has 116 valence electrons. The molecule has 3 rings (SSSR count). The van der Waals surface area contributed by atoms with Gasteiger partial charge in [-0.3, -0.25) is 14.7 Å². The lowest BCUT2D eigenvalue weighted by Crippen LogP contribution is -2.43. The highest BCUT2D eigenvalue weighted by molar-refractivity contribution is 5.31. The Hall–Kier alpha value is -1.98. The Labute approximate surface area is 129 Å². The van der Waals surface area contributed by atoms with Gasteiger partial charge in [-0.15, -0.1) is 0 Å². The fourth-order valence-electron chi connectivity index (χ4n) is 3.15. The zero-order valence-electron chi connectivity index (χ0n) is 12.7. The summed E-state index contributed by atoms with van der Waals surface area (Å²) in [7, 11) is 0. The van der Waals surface area contributed by atoms with Crippen molar-refractivity contribution >= 4 is 0 Å². The molecule has 0 unspecified atom stereocenters. The number of nitrogens with zero attached hydrogens (tertiary/aromatic N) is 2. The number of hydrogen-bond acceptors (Lipinski definition) is 4. The number of benzene rings is 1. The number of rotatable bonds is 3. The van der Waals surface area contributed by atoms with Crippen molar-refractivity contribution in [3.63, 3.8) is 0 Å². The van der Waals surface area contributed by atoms with Crippen LogP contribution in [0.3, 0.4) is 0 Å². The lowest BCUT2D eigenvalue weighted by Gasteiger charge is -2.39. The molecule has 1 aliphatic heterocycles. The van der Waals surface area contributed by atoms with Crippen LogP contribution in [0.1, 0.15) is 29.7 Å². The van der Waals surface area contributed by atoms with Gasteiger partial charge in [0.2, 0.25) is 0 Å². The summed E-state index contributed by atoms with van der Waals surface area (Å²) in [6.07, 6.45) is 4.48. The van der Waals surface area contributed by atoms with Crippen LogP contribution in [0.25, 0.3) is 0 Å². The molecular weight excluding hydrogens is 278 g/mol. The minimum Gasteiger partial charge on any atom is -0.385 e. The SMILES string of the molecule is Cc1ccccc1C1(O)CCN(Cc2ncc[nH]c2=O)CC1. The van der Waals surface area contributed by atoms with Gasteiger partial charge in [-0.05, 0) is 30.9 Å². The molecule has 0 spiro atoms. The summed E-state index contributed by atoms with van der Waals surface area (Å²) < 4.78 is 0. The van der Waals surface area contributed by atoms with Crippen LogP contribution in [0.5, 0.6) is 0 Å². The van der Waals surface area contributed by atoms with Crippen LogP contribution in [-0.4, -0.2) is 33.1 Å². The Kier molecular flexibility index (Phi) is 4.09. The van der Waals surface area contributed by atoms with Gasteiger partial charge in [0.15, 0.2) is 0 Å². The largest absolute Gasteiger partial charge is 0.385 e. The molecule has 1 aromatic carbocycles. The van der Waals surface area contributed by atoms with Crippen molar-refractivity contribution in [1.82, 2.24) is 14.9 Å². The number of aryl methyl sites for hydroxylation is 1. The van der Waals surface area contributed by atoms with E-state index in [4.69, 9.17) is 0 Å². The monoisotopic (exact) mass is 299 g/mol. The van der Waals surface area contributed by atoms with Crippen molar-refractivity contribution in [3.8, 4) is 0 Å². The molecule has 5 nitrogen and oxygen atoms in total. The van der Waals surface area contributed by atoms with Crippen LogP contribution in [0.4, 0.5) is 0 Å². The molecule has 0 saturated carbocycles. The predicted octanol–water partition coefficient (Wildman–Crippen LogP) is 1.56. The predicted molar refractivity (Wildman–Crippen MR) is 84.4 cm³/mol. The molecule has 0 aliphatic carbocycles. The molecule has 2 aromatic rings. The van der Waals surface area contributed by atoms with Crippen LogP contribution < -0.4 is 5.56 Å². The van der Waals surface area contributed by atoms with Crippen molar-refractivity contribution < 1.29 is 5.11 Å². The Morgan fingerprint density at radius 3 is 2.73 bits per heavy atom. The number of aromatic nitrogens is 2. The van der Waals surface area contributed by atoms with Gasteiger partial charge in [0.1, 0.15) is 5.69 Å². The summed E-state index contributed by atoms with van der Waals surface area (Å²) in [4.78, 5) is 20.6. The second-order valence-corrected chi connectivity index (χ2v) is 5.99. The summed E-state index contributed by atoms with van der Waals surface area (Å²) in [6.45, 7) is 4.06. The Morgan fingerprint density at radius 1 is 1.32 bits per heavy atom. The molecular formula is C17H21N3O2. The maximum absolute atomic E-state index is 11.7. The van der Waals surface area contributed by atoms with E-state index in [1.54, 1.807) is 12.4 Å². The molecule has 0 atom stereocenters. The number of nitrogens with one attached hydrogen (secondary N) is 1. The fraction of sp³-hybridized carbons (Fsp3) is 0.412. The molecule has 1 aromatic heterocycles. The lowest BCUT2D eigenvalue weighted by atomic mass is 9.82. The van der Waals surface area contributed by atoms with Gasteiger partial charge in [-0.25, -0.2) is 0 Å². The Balaban J connectivity index is 1.69. The van der Waals surface area contributed by atoms with E-state index in [1.807, 2.05) is 31.2 Å². The third kappa shape index (κ3) is 2.96. The lowest BCUT2D eigenvalue weighted by molar-refractivity contribution is -0.0285. The minimum absolute atomic E-state index is 0.137. The smallest absolute Gasteiger partial charge is 0.270 e. The van der Waals surface area contributed by atoms with Crippen LogP contribution >= 0.6 is 0 Å². The maximum Gasteiger partial charge on any atom is 0.270 e. The molecule has 1 fully saturated rings. The van der Waals surface area contributed by atoms with Crippen molar-refractivity contribution in [2.45, 2.75) is 31.9 Å². The highest BCUT2D eigenvalue weighted by Crippen LogP contribution is 2.34. The first-order chi connectivity index (χ1) is 10.6. The van der Waals surface area contributed by atoms with E-state index >= 15 is 0 Å². The number of aliphatic hydroxyl groups is 1. The molecule has 0 bridgehead atoms. The van der Waals surface area contributed by atoms with E-state index in [-0.39, 0.29) is 5.56 Å². The Bertz CT molecular complexity index is 703. The number of aromatic amines is 1. The number of likely N-dealkylation sites (tertiary alicyclic amines) is 1. The number of H-pyrrole nitrogens is 1. The van der Waals surface area contributed by atoms with Gasteiger partial charge in [0.05, 0.1) is 5.60 Å². The highest BCUT2D eigenvalue weighted by Gasteiger charge is 2.35. The van der Waals surface area contributed by atoms with Crippen LogP contribution in [0, 0.1) is 6.92 Å². The van der Waals surface area contributed by atoms with E-state index < -0.39 is 5.60 Å². The van der Waals surface area contributed by atoms with E-state index in [1.165, 1.54) is 0 Å². The number of hydrogen-bond donors (Lipinski definition) is 2. The van der Waals surface area contributed by atoms with Crippen LogP contribution in [-0.2, 0) is 12.1 Å². The molecule has 1 saturated heterocycles. The topological polar surface area (TPSA) is 69.2 Å². The van der Waals surface area contributed by atoms with Gasteiger partial charge in [-0.1, -0.05) is 24.3 Å². The van der Waals surface area contributed by atoms with Crippen molar-refractivity contribution in [1.29, 1.82) is 0 Å². The van der Waals surface area contributed by atoms with E-state index in [9.17, 15) is 9.90 Å². The van der Waals surface area contributed by atoms with E-state index in [0.29, 0.717) is 25.1 Å². The van der Waals surface area contributed by atoms with Crippen molar-refractivity contribution in [2.24, 2.45) is 0 Å². The van der Waals surface area contributed by atoms with Gasteiger partial charge in [0, 0.05) is 32.0 Å². The summed E-state index contributed by atoms with van der Waals surface area (Å²) in [5.74, 6) is 0. The third-order valence-corrected chi connectivity index (χ3v) is 4.48. The summed E-state index contributed by atoms with van der Waals surface area (Å²) in [6, 6.07) is 8.01. The summed E-state index contributed by atoms with van der Waals surface area (Å²) >= 11 is 0. The molecule has 0 amide bonds. The van der Waals surface area contributed by atoms with Crippen molar-refractivity contribution in [3.05, 3.63) is 63.8 Å². The fourth-order valence-corrected chi connectivity index (χ4v) is 3.15. The summed E-state index contributed by atoms with van der Waals surface area (Å²) in [5.41, 5.74) is 1.77. The van der Waals surface area contributed by atoms with Gasteiger partial charge < -0.3 is 10.1 Å². The summed E-state index contributed by atoms with van der Waals surface area (Å²) in [5, 5.41) is 11.0. The zero-order valence-corrected chi connectivity index (χ0v) is 12.7.